The van der Waals surface area contributed by atoms with Crippen molar-refractivity contribution < 1.29 is 33.5 Å². The van der Waals surface area contributed by atoms with Crippen LogP contribution in [0.5, 0.6) is 28.7 Å². The fraction of sp³-hybridized carbons (Fsp3) is 0.379. The highest BCUT2D eigenvalue weighted by Gasteiger charge is 2.52. The van der Waals surface area contributed by atoms with Gasteiger partial charge in [0.05, 0.1) is 32.9 Å². The van der Waals surface area contributed by atoms with E-state index in [-0.39, 0.29) is 19.3 Å². The van der Waals surface area contributed by atoms with Crippen molar-refractivity contribution >= 4 is 0 Å². The maximum atomic E-state index is 12.2. The molecule has 6 rings (SSSR count). The highest BCUT2D eigenvalue weighted by molar-refractivity contribution is 5.63. The van der Waals surface area contributed by atoms with Crippen LogP contribution in [0.15, 0.2) is 48.5 Å². The molecule has 0 saturated carbocycles. The third-order valence-corrected chi connectivity index (χ3v) is 7.62. The van der Waals surface area contributed by atoms with Crippen LogP contribution in [0.1, 0.15) is 40.0 Å². The van der Waals surface area contributed by atoms with E-state index < -0.39 is 11.9 Å². The van der Waals surface area contributed by atoms with E-state index in [1.807, 2.05) is 48.5 Å². The van der Waals surface area contributed by atoms with Crippen LogP contribution in [0.2, 0.25) is 0 Å². The Hall–Kier alpha value is -3.46. The Balaban J connectivity index is 1.53. The third-order valence-electron chi connectivity index (χ3n) is 7.62. The Morgan fingerprint density at radius 1 is 1.00 bits per heavy atom. The second-order valence-corrected chi connectivity index (χ2v) is 9.64. The number of hydrogen-bond acceptors (Lipinski definition) is 8. The van der Waals surface area contributed by atoms with E-state index in [1.165, 1.54) is 0 Å². The summed E-state index contributed by atoms with van der Waals surface area (Å²) in [6.07, 6.45) is 0.569. The molecule has 3 aliphatic heterocycles. The van der Waals surface area contributed by atoms with Gasteiger partial charge in [-0.1, -0.05) is 36.4 Å². The van der Waals surface area contributed by atoms with E-state index in [1.54, 1.807) is 21.3 Å². The molecule has 3 atom stereocenters. The lowest BCUT2D eigenvalue weighted by atomic mass is 9.84. The van der Waals surface area contributed by atoms with Crippen LogP contribution >= 0.6 is 0 Å². The molecular formula is C29H31NO7. The van der Waals surface area contributed by atoms with Gasteiger partial charge in [-0.05, 0) is 42.3 Å². The Bertz CT molecular complexity index is 1330. The summed E-state index contributed by atoms with van der Waals surface area (Å²) >= 11 is 0. The average molecular weight is 506 g/mol. The lowest BCUT2D eigenvalue weighted by Gasteiger charge is -2.39. The lowest BCUT2D eigenvalue weighted by molar-refractivity contribution is -0.234. The summed E-state index contributed by atoms with van der Waals surface area (Å²) in [5, 5.41) is 12.2. The number of likely N-dealkylation sites (N-methyl/N-ethyl adjacent to an activating group) is 1. The molecule has 3 unspecified atom stereocenters. The number of aliphatic hydroxyl groups is 1. The first kappa shape index (κ1) is 23.9. The van der Waals surface area contributed by atoms with Crippen LogP contribution in [0.3, 0.4) is 0 Å². The number of ether oxygens (including phenoxy) is 6. The van der Waals surface area contributed by atoms with E-state index >= 15 is 0 Å². The van der Waals surface area contributed by atoms with Crippen molar-refractivity contribution in [1.82, 2.24) is 4.90 Å². The first-order valence-electron chi connectivity index (χ1n) is 12.4. The van der Waals surface area contributed by atoms with Crippen LogP contribution in [-0.4, -0.2) is 51.7 Å². The molecule has 0 bridgehead atoms. The number of benzene rings is 3. The quantitative estimate of drug-likeness (QED) is 0.536. The smallest absolute Gasteiger partial charge is 0.231 e. The van der Waals surface area contributed by atoms with Crippen LogP contribution in [0, 0.1) is 0 Å². The van der Waals surface area contributed by atoms with Gasteiger partial charge >= 0.3 is 0 Å². The normalized spacial score (nSPS) is 23.9. The van der Waals surface area contributed by atoms with Gasteiger partial charge in [0.25, 0.3) is 0 Å². The van der Waals surface area contributed by atoms with E-state index in [4.69, 9.17) is 28.4 Å². The number of methoxy groups -OCH3 is 3. The fourth-order valence-electron chi connectivity index (χ4n) is 6.00. The van der Waals surface area contributed by atoms with Crippen molar-refractivity contribution in [2.75, 3.05) is 41.7 Å². The van der Waals surface area contributed by atoms with Crippen molar-refractivity contribution in [2.24, 2.45) is 0 Å². The highest BCUT2D eigenvalue weighted by atomic mass is 16.7. The van der Waals surface area contributed by atoms with E-state index in [0.717, 1.165) is 35.2 Å². The molecule has 0 aromatic heterocycles. The van der Waals surface area contributed by atoms with Gasteiger partial charge in [-0.15, -0.1) is 0 Å². The minimum atomic E-state index is -1.64. The molecule has 1 N–H and O–H groups in total. The molecule has 194 valence electrons. The number of hydrogen-bond donors (Lipinski definition) is 1. The highest BCUT2D eigenvalue weighted by Crippen LogP contribution is 2.59. The molecule has 8 nitrogen and oxygen atoms in total. The summed E-state index contributed by atoms with van der Waals surface area (Å²) in [5.41, 5.74) is 4.48. The Labute approximate surface area is 216 Å². The van der Waals surface area contributed by atoms with Gasteiger partial charge in [-0.2, -0.15) is 0 Å². The van der Waals surface area contributed by atoms with Crippen molar-refractivity contribution in [2.45, 2.75) is 30.8 Å². The molecule has 3 aromatic rings. The Kier molecular flexibility index (Phi) is 5.90. The molecular weight excluding hydrogens is 474 g/mol. The van der Waals surface area contributed by atoms with Crippen LogP contribution in [0.4, 0.5) is 0 Å². The summed E-state index contributed by atoms with van der Waals surface area (Å²) in [5.74, 6) is 1.31. The molecule has 0 saturated heterocycles. The van der Waals surface area contributed by atoms with Crippen molar-refractivity contribution in [3.8, 4) is 28.7 Å². The van der Waals surface area contributed by atoms with Gasteiger partial charge in [-0.3, -0.25) is 4.90 Å². The lowest BCUT2D eigenvalue weighted by Crippen LogP contribution is -2.37. The molecule has 0 radical (unpaired) electrons. The molecule has 8 heteroatoms. The zero-order valence-electron chi connectivity index (χ0n) is 21.4. The number of rotatable bonds is 6. The van der Waals surface area contributed by atoms with Crippen molar-refractivity contribution in [1.29, 1.82) is 0 Å². The Morgan fingerprint density at radius 3 is 2.51 bits per heavy atom. The predicted octanol–water partition coefficient (Wildman–Crippen LogP) is 4.13. The topological polar surface area (TPSA) is 78.9 Å². The third kappa shape index (κ3) is 3.70. The van der Waals surface area contributed by atoms with Crippen LogP contribution in [0.25, 0.3) is 0 Å². The van der Waals surface area contributed by atoms with E-state index in [0.29, 0.717) is 34.3 Å². The molecule has 3 heterocycles. The average Bonchev–Trinajstić information content (AvgIpc) is 3.49. The summed E-state index contributed by atoms with van der Waals surface area (Å²) in [6.45, 7) is 0.964. The first-order chi connectivity index (χ1) is 18.0. The summed E-state index contributed by atoms with van der Waals surface area (Å²) < 4.78 is 35.5. The standard InChI is InChI=1S/C29H31NO7/c1-30-13-12-18-14-21-27(36-16-35-21)28(34-4)22(18)24(30)25-19-10-11-20(32-2)26(33-3)23(19)29(31,37-25)15-17-8-6-5-7-9-17/h5-11,14,24-25,31H,12-13,15-16H2,1-4H3. The van der Waals surface area contributed by atoms with Crippen molar-refractivity contribution in [3.05, 3.63) is 76.3 Å². The van der Waals surface area contributed by atoms with Gasteiger partial charge in [0, 0.05) is 18.5 Å². The van der Waals surface area contributed by atoms with Crippen LogP contribution < -0.4 is 23.7 Å². The SMILES string of the molecule is COc1ccc2c(c1OC)C(O)(Cc1ccccc1)OC2C1c2c(cc3c(c2OC)OCO3)CCN1C. The monoisotopic (exact) mass is 505 g/mol. The second kappa shape index (κ2) is 9.13. The first-order valence-corrected chi connectivity index (χ1v) is 12.4. The zero-order valence-corrected chi connectivity index (χ0v) is 21.4. The molecule has 0 amide bonds. The number of nitrogens with zero attached hydrogens (tertiary/aromatic N) is 1. The maximum absolute atomic E-state index is 12.2. The minimum absolute atomic E-state index is 0.158. The molecule has 3 aliphatic rings. The molecule has 0 fully saturated rings. The zero-order chi connectivity index (χ0) is 25.7. The molecule has 0 spiro atoms. The molecule has 3 aromatic carbocycles. The largest absolute Gasteiger partial charge is 0.493 e. The fourth-order valence-corrected chi connectivity index (χ4v) is 6.00. The molecule has 0 aliphatic carbocycles. The van der Waals surface area contributed by atoms with Gasteiger partial charge in [0.15, 0.2) is 23.0 Å². The van der Waals surface area contributed by atoms with Crippen LogP contribution in [-0.2, 0) is 23.4 Å². The second-order valence-electron chi connectivity index (χ2n) is 9.64. The predicted molar refractivity (Wildman–Crippen MR) is 136 cm³/mol. The summed E-state index contributed by atoms with van der Waals surface area (Å²) in [7, 11) is 6.88. The minimum Gasteiger partial charge on any atom is -0.493 e. The van der Waals surface area contributed by atoms with Gasteiger partial charge in [0.1, 0.15) is 6.10 Å². The maximum Gasteiger partial charge on any atom is 0.231 e. The van der Waals surface area contributed by atoms with E-state index in [2.05, 4.69) is 11.9 Å². The van der Waals surface area contributed by atoms with Gasteiger partial charge in [-0.25, -0.2) is 0 Å². The molecule has 37 heavy (non-hydrogen) atoms. The summed E-state index contributed by atoms with van der Waals surface area (Å²) in [6, 6.07) is 15.4. The van der Waals surface area contributed by atoms with Gasteiger partial charge < -0.3 is 33.5 Å². The summed E-state index contributed by atoms with van der Waals surface area (Å²) in [4.78, 5) is 2.24. The Morgan fingerprint density at radius 2 is 1.78 bits per heavy atom. The number of fused-ring (bicyclic) bond motifs is 3. The van der Waals surface area contributed by atoms with E-state index in [9.17, 15) is 5.11 Å². The van der Waals surface area contributed by atoms with Gasteiger partial charge in [0.2, 0.25) is 18.3 Å². The van der Waals surface area contributed by atoms with Crippen molar-refractivity contribution in [3.63, 3.8) is 0 Å².